The van der Waals surface area contributed by atoms with Gasteiger partial charge in [-0.2, -0.15) is 10.1 Å². The molecule has 31 heavy (non-hydrogen) atoms. The van der Waals surface area contributed by atoms with E-state index >= 15 is 0 Å². The first kappa shape index (κ1) is 21.6. The number of hydrogen-bond acceptors (Lipinski definition) is 7. The van der Waals surface area contributed by atoms with Crippen molar-refractivity contribution >= 4 is 63.7 Å². The highest BCUT2D eigenvalue weighted by atomic mass is 79.9. The molecule has 0 fully saturated rings. The Hall–Kier alpha value is -2.58. The van der Waals surface area contributed by atoms with Gasteiger partial charge in [-0.1, -0.05) is 12.1 Å². The summed E-state index contributed by atoms with van der Waals surface area (Å²) in [6, 6.07) is 13.9. The maximum absolute atomic E-state index is 5.48. The van der Waals surface area contributed by atoms with E-state index < -0.39 is 8.38 Å². The first-order chi connectivity index (χ1) is 15.0. The SMILES string of the molecule is COP(OC)c1ccccc1Nc1nc(Nc2ccc3c(C)nn(C)c3c2)ncc1Br. The van der Waals surface area contributed by atoms with Crippen LogP contribution in [-0.4, -0.2) is 34.0 Å². The molecule has 0 saturated heterocycles. The first-order valence-electron chi connectivity index (χ1n) is 9.47. The molecule has 0 spiro atoms. The number of rotatable bonds is 7. The van der Waals surface area contributed by atoms with Crippen LogP contribution in [0, 0.1) is 6.92 Å². The molecular formula is C21H22BrN6O2P. The van der Waals surface area contributed by atoms with Crippen LogP contribution in [0.4, 0.5) is 23.1 Å². The van der Waals surface area contributed by atoms with Crippen molar-refractivity contribution in [2.24, 2.45) is 7.05 Å². The summed E-state index contributed by atoms with van der Waals surface area (Å²) in [5.74, 6) is 1.10. The third-order valence-electron chi connectivity index (χ3n) is 4.72. The number of hydrogen-bond donors (Lipinski definition) is 2. The van der Waals surface area contributed by atoms with Gasteiger partial charge in [0.1, 0.15) is 5.82 Å². The Labute approximate surface area is 190 Å². The molecule has 0 aliphatic rings. The number of para-hydroxylation sites is 1. The predicted molar refractivity (Wildman–Crippen MR) is 129 cm³/mol. The second-order valence-electron chi connectivity index (χ2n) is 6.72. The van der Waals surface area contributed by atoms with Gasteiger partial charge in [0.2, 0.25) is 14.3 Å². The molecule has 0 unspecified atom stereocenters. The lowest BCUT2D eigenvalue weighted by Gasteiger charge is -2.17. The van der Waals surface area contributed by atoms with Gasteiger partial charge in [0, 0.05) is 38.5 Å². The van der Waals surface area contributed by atoms with Gasteiger partial charge < -0.3 is 19.7 Å². The van der Waals surface area contributed by atoms with Crippen LogP contribution in [-0.2, 0) is 16.1 Å². The second-order valence-corrected chi connectivity index (χ2v) is 9.30. The Morgan fingerprint density at radius 2 is 1.84 bits per heavy atom. The van der Waals surface area contributed by atoms with E-state index in [1.54, 1.807) is 20.4 Å². The summed E-state index contributed by atoms with van der Waals surface area (Å²) in [5, 5.41) is 13.2. The van der Waals surface area contributed by atoms with E-state index in [1.807, 2.05) is 61.1 Å². The Morgan fingerprint density at radius 3 is 2.61 bits per heavy atom. The van der Waals surface area contributed by atoms with E-state index in [1.165, 1.54) is 0 Å². The quantitative estimate of drug-likeness (QED) is 0.339. The molecule has 4 rings (SSSR count). The molecule has 0 atom stereocenters. The average molecular weight is 501 g/mol. The number of benzene rings is 2. The van der Waals surface area contributed by atoms with E-state index in [0.717, 1.165) is 37.7 Å². The lowest BCUT2D eigenvalue weighted by Crippen LogP contribution is -2.11. The molecule has 8 nitrogen and oxygen atoms in total. The average Bonchev–Trinajstić information content (AvgIpc) is 3.05. The van der Waals surface area contributed by atoms with Crippen LogP contribution < -0.4 is 15.9 Å². The number of aromatic nitrogens is 4. The van der Waals surface area contributed by atoms with E-state index in [4.69, 9.17) is 9.05 Å². The Kier molecular flexibility index (Phi) is 6.48. The van der Waals surface area contributed by atoms with Crippen LogP contribution in [0.25, 0.3) is 10.9 Å². The van der Waals surface area contributed by atoms with Gasteiger partial charge in [-0.05, 0) is 53.2 Å². The monoisotopic (exact) mass is 500 g/mol. The van der Waals surface area contributed by atoms with Crippen molar-refractivity contribution in [2.45, 2.75) is 6.92 Å². The van der Waals surface area contributed by atoms with E-state index in [9.17, 15) is 0 Å². The highest BCUT2D eigenvalue weighted by Crippen LogP contribution is 2.38. The maximum atomic E-state index is 5.48. The van der Waals surface area contributed by atoms with Crippen molar-refractivity contribution in [3.05, 3.63) is 58.8 Å². The first-order valence-corrected chi connectivity index (χ1v) is 11.4. The topological polar surface area (TPSA) is 86.1 Å². The minimum Gasteiger partial charge on any atom is -0.338 e. The summed E-state index contributed by atoms with van der Waals surface area (Å²) in [5.41, 5.74) is 3.78. The van der Waals surface area contributed by atoms with Gasteiger partial charge in [-0.25, -0.2) is 4.98 Å². The third kappa shape index (κ3) is 4.55. The van der Waals surface area contributed by atoms with Crippen LogP contribution in [0.3, 0.4) is 0 Å². The zero-order valence-corrected chi connectivity index (χ0v) is 20.0. The van der Waals surface area contributed by atoms with Crippen LogP contribution in [0.5, 0.6) is 0 Å². The normalized spacial score (nSPS) is 11.3. The van der Waals surface area contributed by atoms with Crippen LogP contribution in [0.1, 0.15) is 5.69 Å². The number of nitrogens with one attached hydrogen (secondary N) is 2. The molecule has 0 saturated carbocycles. The fourth-order valence-corrected chi connectivity index (χ4v) is 4.66. The molecule has 0 bridgehead atoms. The van der Waals surface area contributed by atoms with Crippen molar-refractivity contribution in [3.8, 4) is 0 Å². The molecular weight excluding hydrogens is 479 g/mol. The molecule has 0 amide bonds. The van der Waals surface area contributed by atoms with Gasteiger partial charge in [0.15, 0.2) is 0 Å². The summed E-state index contributed by atoms with van der Waals surface area (Å²) in [6.45, 7) is 2.00. The zero-order valence-electron chi connectivity index (χ0n) is 17.5. The Bertz CT molecular complexity index is 1230. The maximum Gasteiger partial charge on any atom is 0.229 e. The van der Waals surface area contributed by atoms with Gasteiger partial charge in [0.05, 0.1) is 26.7 Å². The summed E-state index contributed by atoms with van der Waals surface area (Å²) in [4.78, 5) is 9.04. The number of halogens is 1. The Morgan fingerprint density at radius 1 is 1.06 bits per heavy atom. The molecule has 0 aliphatic heterocycles. The Balaban J connectivity index is 1.62. The lowest BCUT2D eigenvalue weighted by molar-refractivity contribution is 0.350. The molecule has 2 aromatic carbocycles. The molecule has 4 aromatic rings. The highest BCUT2D eigenvalue weighted by molar-refractivity contribution is 9.10. The largest absolute Gasteiger partial charge is 0.338 e. The molecule has 0 radical (unpaired) electrons. The van der Waals surface area contributed by atoms with Crippen molar-refractivity contribution < 1.29 is 9.05 Å². The van der Waals surface area contributed by atoms with Gasteiger partial charge in [0.25, 0.3) is 0 Å². The number of nitrogens with zero attached hydrogens (tertiary/aromatic N) is 4. The molecule has 160 valence electrons. The molecule has 2 heterocycles. The van der Waals surface area contributed by atoms with Gasteiger partial charge in [-0.3, -0.25) is 4.68 Å². The molecule has 10 heteroatoms. The fourth-order valence-electron chi connectivity index (χ4n) is 3.30. The third-order valence-corrected chi connectivity index (χ3v) is 6.75. The number of anilines is 4. The van der Waals surface area contributed by atoms with Crippen molar-refractivity contribution in [2.75, 3.05) is 24.9 Å². The van der Waals surface area contributed by atoms with E-state index in [-0.39, 0.29) is 0 Å². The zero-order chi connectivity index (χ0) is 22.0. The van der Waals surface area contributed by atoms with E-state index in [2.05, 4.69) is 41.6 Å². The summed E-state index contributed by atoms with van der Waals surface area (Å²) < 4.78 is 13.6. The predicted octanol–water partition coefficient (Wildman–Crippen LogP) is 5.15. The minimum atomic E-state index is -1.19. The molecule has 2 N–H and O–H groups in total. The number of aryl methyl sites for hydroxylation is 2. The summed E-state index contributed by atoms with van der Waals surface area (Å²) in [7, 11) is 4.01. The van der Waals surface area contributed by atoms with Crippen LogP contribution in [0.15, 0.2) is 53.1 Å². The van der Waals surface area contributed by atoms with Gasteiger partial charge in [-0.15, -0.1) is 0 Å². The second kappa shape index (κ2) is 9.28. The van der Waals surface area contributed by atoms with Crippen molar-refractivity contribution in [1.29, 1.82) is 0 Å². The fraction of sp³-hybridized carbons (Fsp3) is 0.190. The summed E-state index contributed by atoms with van der Waals surface area (Å²) in [6.07, 6.45) is 1.71. The molecule has 2 aromatic heterocycles. The standard InChI is InChI=1S/C21H22BrN6O2P/c1-13-15-10-9-14(11-18(15)28(2)27-13)24-21-23-12-16(22)20(26-21)25-17-7-5-6-8-19(17)31(29-3)30-4/h5-12H,1-4H3,(H2,23,24,25,26). The van der Waals surface area contributed by atoms with E-state index in [0.29, 0.717) is 11.8 Å². The van der Waals surface area contributed by atoms with Crippen LogP contribution >= 0.6 is 24.3 Å². The van der Waals surface area contributed by atoms with Crippen LogP contribution in [0.2, 0.25) is 0 Å². The highest BCUT2D eigenvalue weighted by Gasteiger charge is 2.16. The van der Waals surface area contributed by atoms with Crippen molar-refractivity contribution in [1.82, 2.24) is 19.7 Å². The smallest absolute Gasteiger partial charge is 0.229 e. The molecule has 0 aliphatic carbocycles. The van der Waals surface area contributed by atoms with Gasteiger partial charge >= 0.3 is 0 Å². The minimum absolute atomic E-state index is 0.474. The van der Waals surface area contributed by atoms with Crippen molar-refractivity contribution in [3.63, 3.8) is 0 Å². The summed E-state index contributed by atoms with van der Waals surface area (Å²) >= 11 is 3.53. The number of fused-ring (bicyclic) bond motifs is 1. The lowest BCUT2D eigenvalue weighted by atomic mass is 10.2.